The molecule has 1 aliphatic carbocycles. The fourth-order valence-electron chi connectivity index (χ4n) is 3.57. The van der Waals surface area contributed by atoms with E-state index in [1.165, 1.54) is 0 Å². The van der Waals surface area contributed by atoms with Gasteiger partial charge in [-0.05, 0) is 37.7 Å². The summed E-state index contributed by atoms with van der Waals surface area (Å²) in [5, 5.41) is 29.0. The maximum atomic E-state index is 12.2. The van der Waals surface area contributed by atoms with Gasteiger partial charge < -0.3 is 15.3 Å². The smallest absolute Gasteiger partial charge is 0.303 e. The molecule has 0 amide bonds. The SMILES string of the molecule is O=C(O)CCC/C=C/C[C@H]1[C@@H](O)CC(=O)[C@@H]1/C=C/[C@@H](O)CCc1ccccc1. The van der Waals surface area contributed by atoms with Gasteiger partial charge >= 0.3 is 5.97 Å². The van der Waals surface area contributed by atoms with Crippen LogP contribution in [0.15, 0.2) is 54.6 Å². The number of carboxylic acid groups (broad SMARTS) is 1. The van der Waals surface area contributed by atoms with Crippen molar-refractivity contribution in [2.24, 2.45) is 11.8 Å². The van der Waals surface area contributed by atoms with Crippen molar-refractivity contribution in [1.82, 2.24) is 0 Å². The van der Waals surface area contributed by atoms with Gasteiger partial charge in [0.05, 0.1) is 12.2 Å². The quantitative estimate of drug-likeness (QED) is 0.401. The number of benzene rings is 1. The van der Waals surface area contributed by atoms with Crippen LogP contribution in [0.1, 0.15) is 44.1 Å². The van der Waals surface area contributed by atoms with E-state index >= 15 is 0 Å². The average molecular weight is 386 g/mol. The number of carbonyl (C=O) groups excluding carboxylic acids is 1. The number of allylic oxidation sites excluding steroid dienone is 3. The fraction of sp³-hybridized carbons (Fsp3) is 0.478. The molecule has 1 saturated carbocycles. The van der Waals surface area contributed by atoms with Crippen LogP contribution in [0.2, 0.25) is 0 Å². The molecule has 0 aliphatic heterocycles. The van der Waals surface area contributed by atoms with Crippen LogP contribution in [-0.2, 0) is 16.0 Å². The molecule has 0 aromatic heterocycles. The third-order valence-electron chi connectivity index (χ3n) is 5.19. The summed E-state index contributed by atoms with van der Waals surface area (Å²) >= 11 is 0. The molecule has 1 aromatic rings. The van der Waals surface area contributed by atoms with Gasteiger partial charge in [-0.3, -0.25) is 9.59 Å². The second-order valence-electron chi connectivity index (χ2n) is 7.40. The summed E-state index contributed by atoms with van der Waals surface area (Å²) in [5.74, 6) is -1.38. The Hall–Kier alpha value is -2.24. The van der Waals surface area contributed by atoms with E-state index in [2.05, 4.69) is 0 Å². The zero-order valence-corrected chi connectivity index (χ0v) is 16.1. The monoisotopic (exact) mass is 386 g/mol. The lowest BCUT2D eigenvalue weighted by Crippen LogP contribution is -2.19. The molecular formula is C23H30O5. The van der Waals surface area contributed by atoms with E-state index in [1.807, 2.05) is 42.5 Å². The van der Waals surface area contributed by atoms with Gasteiger partial charge in [0, 0.05) is 24.7 Å². The molecule has 0 saturated heterocycles. The third kappa shape index (κ3) is 7.41. The molecule has 5 nitrogen and oxygen atoms in total. The summed E-state index contributed by atoms with van der Waals surface area (Å²) in [6.45, 7) is 0. The van der Waals surface area contributed by atoms with Gasteiger partial charge in [0.2, 0.25) is 0 Å². The number of aliphatic hydroxyl groups is 2. The Kier molecular flexibility index (Phi) is 9.11. The van der Waals surface area contributed by atoms with Gasteiger partial charge in [0.1, 0.15) is 5.78 Å². The molecule has 2 rings (SSSR count). The van der Waals surface area contributed by atoms with E-state index < -0.39 is 18.2 Å². The van der Waals surface area contributed by atoms with E-state index in [1.54, 1.807) is 12.2 Å². The highest BCUT2D eigenvalue weighted by molar-refractivity contribution is 5.86. The first-order valence-electron chi connectivity index (χ1n) is 9.95. The van der Waals surface area contributed by atoms with Crippen molar-refractivity contribution >= 4 is 11.8 Å². The standard InChI is InChI=1S/C23H30O5/c24-18(13-12-17-8-4-3-5-9-17)14-15-20-19(21(25)16-22(20)26)10-6-1-2-7-11-23(27)28/h1,3-6,8-9,14-15,18-21,24-25H,2,7,10-13,16H2,(H,27,28)/b6-1+,15-14+/t18-,19+,20+,21-/m0/s1. The average Bonchev–Trinajstić information content (AvgIpc) is 2.94. The Morgan fingerprint density at radius 3 is 2.68 bits per heavy atom. The van der Waals surface area contributed by atoms with E-state index in [4.69, 9.17) is 5.11 Å². The Morgan fingerprint density at radius 1 is 1.21 bits per heavy atom. The maximum absolute atomic E-state index is 12.2. The summed E-state index contributed by atoms with van der Waals surface area (Å²) in [7, 11) is 0. The van der Waals surface area contributed by atoms with Gasteiger partial charge in [-0.25, -0.2) is 0 Å². The van der Waals surface area contributed by atoms with Crippen LogP contribution in [0, 0.1) is 11.8 Å². The number of unbranched alkanes of at least 4 members (excludes halogenated alkanes) is 1. The Labute approximate surface area is 166 Å². The number of aliphatic hydroxyl groups excluding tert-OH is 2. The number of aliphatic carboxylic acids is 1. The van der Waals surface area contributed by atoms with Gasteiger partial charge in [-0.1, -0.05) is 54.6 Å². The predicted molar refractivity (Wildman–Crippen MR) is 108 cm³/mol. The molecule has 5 heteroatoms. The lowest BCUT2D eigenvalue weighted by molar-refractivity contribution is -0.137. The Balaban J connectivity index is 1.82. The highest BCUT2D eigenvalue weighted by atomic mass is 16.4. The number of rotatable bonds is 11. The van der Waals surface area contributed by atoms with Crippen LogP contribution < -0.4 is 0 Å². The number of hydrogen-bond acceptors (Lipinski definition) is 4. The first-order valence-corrected chi connectivity index (χ1v) is 9.95. The number of carboxylic acids is 1. The van der Waals surface area contributed by atoms with Crippen LogP contribution in [0.25, 0.3) is 0 Å². The van der Waals surface area contributed by atoms with E-state index in [-0.39, 0.29) is 30.5 Å². The first kappa shape index (κ1) is 22.1. The normalized spacial score (nSPS) is 23.6. The molecule has 0 spiro atoms. The first-order chi connectivity index (χ1) is 13.5. The maximum Gasteiger partial charge on any atom is 0.303 e. The molecule has 152 valence electrons. The van der Waals surface area contributed by atoms with Crippen LogP contribution in [0.5, 0.6) is 0 Å². The van der Waals surface area contributed by atoms with Crippen molar-refractivity contribution < 1.29 is 24.9 Å². The molecule has 28 heavy (non-hydrogen) atoms. The summed E-state index contributed by atoms with van der Waals surface area (Å²) in [6.07, 6.45) is 9.39. The molecule has 0 heterocycles. The fourth-order valence-corrected chi connectivity index (χ4v) is 3.57. The molecule has 1 fully saturated rings. The summed E-state index contributed by atoms with van der Waals surface area (Å²) in [5.41, 5.74) is 1.16. The zero-order valence-electron chi connectivity index (χ0n) is 16.1. The summed E-state index contributed by atoms with van der Waals surface area (Å²) in [4.78, 5) is 22.7. The molecular weight excluding hydrogens is 356 g/mol. The number of Topliss-reactive ketones (excluding diaryl/α,β-unsaturated/α-hetero) is 1. The van der Waals surface area contributed by atoms with Crippen molar-refractivity contribution in [3.05, 3.63) is 60.2 Å². The molecule has 0 radical (unpaired) electrons. The zero-order chi connectivity index (χ0) is 20.4. The molecule has 1 aliphatic rings. The molecule has 3 N–H and O–H groups in total. The summed E-state index contributed by atoms with van der Waals surface area (Å²) < 4.78 is 0. The van der Waals surface area contributed by atoms with E-state index in [0.717, 1.165) is 12.0 Å². The second kappa shape index (κ2) is 11.6. The number of hydrogen-bond donors (Lipinski definition) is 3. The lowest BCUT2D eigenvalue weighted by Gasteiger charge is -2.17. The van der Waals surface area contributed by atoms with Crippen LogP contribution in [0.4, 0.5) is 0 Å². The van der Waals surface area contributed by atoms with Crippen LogP contribution in [0.3, 0.4) is 0 Å². The molecule has 0 unspecified atom stereocenters. The van der Waals surface area contributed by atoms with Crippen molar-refractivity contribution in [3.8, 4) is 0 Å². The van der Waals surface area contributed by atoms with Crippen molar-refractivity contribution in [1.29, 1.82) is 0 Å². The number of carbonyl (C=O) groups is 2. The van der Waals surface area contributed by atoms with Gasteiger partial charge in [-0.15, -0.1) is 0 Å². The molecule has 4 atom stereocenters. The van der Waals surface area contributed by atoms with Crippen LogP contribution in [-0.4, -0.2) is 39.3 Å². The highest BCUT2D eigenvalue weighted by Gasteiger charge is 2.39. The van der Waals surface area contributed by atoms with E-state index in [9.17, 15) is 19.8 Å². The third-order valence-corrected chi connectivity index (χ3v) is 5.19. The highest BCUT2D eigenvalue weighted by Crippen LogP contribution is 2.33. The van der Waals surface area contributed by atoms with Crippen LogP contribution >= 0.6 is 0 Å². The van der Waals surface area contributed by atoms with Gasteiger partial charge in [0.25, 0.3) is 0 Å². The number of aryl methyl sites for hydroxylation is 1. The van der Waals surface area contributed by atoms with Crippen molar-refractivity contribution in [3.63, 3.8) is 0 Å². The van der Waals surface area contributed by atoms with E-state index in [0.29, 0.717) is 25.7 Å². The molecule has 0 bridgehead atoms. The number of ketones is 1. The topological polar surface area (TPSA) is 94.8 Å². The minimum absolute atomic E-state index is 0.00304. The minimum atomic E-state index is -0.804. The van der Waals surface area contributed by atoms with Gasteiger partial charge in [-0.2, -0.15) is 0 Å². The Bertz CT molecular complexity index is 679. The molecule has 1 aromatic carbocycles. The lowest BCUT2D eigenvalue weighted by atomic mass is 9.90. The largest absolute Gasteiger partial charge is 0.481 e. The van der Waals surface area contributed by atoms with Gasteiger partial charge in [0.15, 0.2) is 0 Å². The second-order valence-corrected chi connectivity index (χ2v) is 7.40. The van der Waals surface area contributed by atoms with Crippen molar-refractivity contribution in [2.45, 2.75) is 57.2 Å². The predicted octanol–water partition coefficient (Wildman–Crippen LogP) is 3.30. The summed E-state index contributed by atoms with van der Waals surface area (Å²) in [6, 6.07) is 9.93. The minimum Gasteiger partial charge on any atom is -0.481 e. The van der Waals surface area contributed by atoms with Crippen molar-refractivity contribution in [2.75, 3.05) is 0 Å². The Morgan fingerprint density at radius 2 is 1.96 bits per heavy atom.